The van der Waals surface area contributed by atoms with Gasteiger partial charge in [0.2, 0.25) is 0 Å². The second-order valence-corrected chi connectivity index (χ2v) is 4.26. The largest absolute Gasteiger partial charge is 0.309 e. The van der Waals surface area contributed by atoms with E-state index < -0.39 is 0 Å². The summed E-state index contributed by atoms with van der Waals surface area (Å²) in [6.45, 7) is 9.18. The minimum Gasteiger partial charge on any atom is -0.309 e. The van der Waals surface area contributed by atoms with Crippen LogP contribution in [0.4, 0.5) is 0 Å². The highest BCUT2D eigenvalue weighted by atomic mass is 14.9. The minimum atomic E-state index is 0.301. The van der Waals surface area contributed by atoms with Gasteiger partial charge in [0.05, 0.1) is 0 Å². The van der Waals surface area contributed by atoms with Crippen molar-refractivity contribution in [2.24, 2.45) is 0 Å². The van der Waals surface area contributed by atoms with Crippen LogP contribution < -0.4 is 5.32 Å². The van der Waals surface area contributed by atoms with Gasteiger partial charge in [-0.05, 0) is 45.4 Å². The molecule has 0 fully saturated rings. The third-order valence-electron chi connectivity index (χ3n) is 2.77. The Morgan fingerprint density at radius 3 is 2.71 bits per heavy atom. The summed E-state index contributed by atoms with van der Waals surface area (Å²) >= 11 is 0. The van der Waals surface area contributed by atoms with Crippen LogP contribution in [0, 0.1) is 25.7 Å². The Hall–Kier alpha value is -1.33. The van der Waals surface area contributed by atoms with Gasteiger partial charge >= 0.3 is 0 Å². The summed E-state index contributed by atoms with van der Waals surface area (Å²) in [6.07, 6.45) is 1.98. The zero-order chi connectivity index (χ0) is 12.7. The van der Waals surface area contributed by atoms with E-state index >= 15 is 0 Å². The predicted molar refractivity (Wildman–Crippen MR) is 72.8 cm³/mol. The fourth-order valence-corrected chi connectivity index (χ4v) is 1.88. The van der Waals surface area contributed by atoms with Crippen LogP contribution in [0.5, 0.6) is 0 Å². The first-order valence-electron chi connectivity index (χ1n) is 6.26. The summed E-state index contributed by atoms with van der Waals surface area (Å²) in [5, 5.41) is 3.54. The summed E-state index contributed by atoms with van der Waals surface area (Å²) < 4.78 is 0. The normalized spacial score (nSPS) is 11.8. The average molecular weight is 230 g/mol. The molecule has 0 spiro atoms. The van der Waals surface area contributed by atoms with Crippen molar-refractivity contribution in [3.8, 4) is 11.8 Å². The molecular formula is C15H22N2. The SMILES string of the molecule is CC#CCC(NCCC)c1ccc(C)nc1C. The first-order chi connectivity index (χ1) is 8.19. The molecule has 0 radical (unpaired) electrons. The Labute approximate surface area is 105 Å². The molecule has 92 valence electrons. The molecule has 0 saturated heterocycles. The van der Waals surface area contributed by atoms with Gasteiger partial charge in [0.15, 0.2) is 0 Å². The standard InChI is InChI=1S/C15H22N2/c1-5-7-8-15(16-11-6-2)14-10-9-12(3)17-13(14)4/h9-10,15-16H,6,8,11H2,1-4H3. The van der Waals surface area contributed by atoms with E-state index in [9.17, 15) is 0 Å². The van der Waals surface area contributed by atoms with Gasteiger partial charge in [-0.15, -0.1) is 11.8 Å². The number of aromatic nitrogens is 1. The van der Waals surface area contributed by atoms with Crippen LogP contribution in [0.3, 0.4) is 0 Å². The molecule has 17 heavy (non-hydrogen) atoms. The zero-order valence-corrected chi connectivity index (χ0v) is 11.3. The Morgan fingerprint density at radius 1 is 1.35 bits per heavy atom. The Kier molecular flexibility index (Phi) is 5.72. The van der Waals surface area contributed by atoms with Crippen molar-refractivity contribution < 1.29 is 0 Å². The Morgan fingerprint density at radius 2 is 2.12 bits per heavy atom. The maximum absolute atomic E-state index is 4.52. The van der Waals surface area contributed by atoms with Crippen LogP contribution in [0.2, 0.25) is 0 Å². The molecule has 1 atom stereocenters. The lowest BCUT2D eigenvalue weighted by Gasteiger charge is -2.18. The highest BCUT2D eigenvalue weighted by Crippen LogP contribution is 2.19. The predicted octanol–water partition coefficient (Wildman–Crippen LogP) is 3.15. The van der Waals surface area contributed by atoms with Crippen LogP contribution in [0.1, 0.15) is 49.7 Å². The molecule has 1 aromatic rings. The first-order valence-corrected chi connectivity index (χ1v) is 6.26. The molecule has 0 saturated carbocycles. The van der Waals surface area contributed by atoms with Gasteiger partial charge in [0, 0.05) is 23.9 Å². The molecule has 0 aliphatic rings. The van der Waals surface area contributed by atoms with E-state index in [1.807, 2.05) is 13.8 Å². The molecule has 0 bridgehead atoms. The van der Waals surface area contributed by atoms with Crippen molar-refractivity contribution >= 4 is 0 Å². The van der Waals surface area contributed by atoms with Crippen LogP contribution >= 0.6 is 0 Å². The molecule has 1 heterocycles. The molecule has 1 rings (SSSR count). The third kappa shape index (κ3) is 4.20. The van der Waals surface area contributed by atoms with E-state index in [1.54, 1.807) is 0 Å². The molecule has 1 N–H and O–H groups in total. The lowest BCUT2D eigenvalue weighted by atomic mass is 10.0. The van der Waals surface area contributed by atoms with E-state index in [4.69, 9.17) is 0 Å². The highest BCUT2D eigenvalue weighted by Gasteiger charge is 2.12. The summed E-state index contributed by atoms with van der Waals surface area (Å²) in [5.41, 5.74) is 3.45. The number of nitrogens with one attached hydrogen (secondary N) is 1. The fourth-order valence-electron chi connectivity index (χ4n) is 1.88. The third-order valence-corrected chi connectivity index (χ3v) is 2.77. The molecule has 1 unspecified atom stereocenters. The molecule has 2 heteroatoms. The topological polar surface area (TPSA) is 24.9 Å². The minimum absolute atomic E-state index is 0.301. The smallest absolute Gasteiger partial charge is 0.0448 e. The Bertz CT molecular complexity index is 413. The number of hydrogen-bond acceptors (Lipinski definition) is 2. The number of rotatable bonds is 5. The van der Waals surface area contributed by atoms with Crippen LogP contribution in [0.25, 0.3) is 0 Å². The summed E-state index contributed by atoms with van der Waals surface area (Å²) in [6, 6.07) is 4.54. The monoisotopic (exact) mass is 230 g/mol. The van der Waals surface area contributed by atoms with Crippen LogP contribution in [-0.2, 0) is 0 Å². The van der Waals surface area contributed by atoms with Crippen molar-refractivity contribution in [1.82, 2.24) is 10.3 Å². The maximum atomic E-state index is 4.52. The molecule has 1 aromatic heterocycles. The fraction of sp³-hybridized carbons (Fsp3) is 0.533. The van der Waals surface area contributed by atoms with E-state index in [0.29, 0.717) is 6.04 Å². The van der Waals surface area contributed by atoms with Crippen molar-refractivity contribution in [2.45, 2.75) is 46.6 Å². The molecule has 0 amide bonds. The van der Waals surface area contributed by atoms with Crippen molar-refractivity contribution in [2.75, 3.05) is 6.54 Å². The summed E-state index contributed by atoms with van der Waals surface area (Å²) in [5.74, 6) is 6.12. The van der Waals surface area contributed by atoms with Gasteiger partial charge in [-0.1, -0.05) is 13.0 Å². The molecule has 0 aliphatic heterocycles. The zero-order valence-electron chi connectivity index (χ0n) is 11.3. The van der Waals surface area contributed by atoms with Crippen LogP contribution in [-0.4, -0.2) is 11.5 Å². The molecule has 2 nitrogen and oxygen atoms in total. The van der Waals surface area contributed by atoms with Gasteiger partial charge in [-0.3, -0.25) is 4.98 Å². The van der Waals surface area contributed by atoms with Crippen molar-refractivity contribution in [3.05, 3.63) is 29.1 Å². The maximum Gasteiger partial charge on any atom is 0.0448 e. The Balaban J connectivity index is 2.89. The van der Waals surface area contributed by atoms with Crippen LogP contribution in [0.15, 0.2) is 12.1 Å². The molecule has 0 aliphatic carbocycles. The second kappa shape index (κ2) is 7.09. The first kappa shape index (κ1) is 13.7. The highest BCUT2D eigenvalue weighted by molar-refractivity contribution is 5.26. The van der Waals surface area contributed by atoms with Gasteiger partial charge in [0.1, 0.15) is 0 Å². The van der Waals surface area contributed by atoms with Crippen molar-refractivity contribution in [3.63, 3.8) is 0 Å². The molecular weight excluding hydrogens is 208 g/mol. The quantitative estimate of drug-likeness (QED) is 0.786. The van der Waals surface area contributed by atoms with E-state index in [-0.39, 0.29) is 0 Å². The van der Waals surface area contributed by atoms with Crippen molar-refractivity contribution in [1.29, 1.82) is 0 Å². The van der Waals surface area contributed by atoms with Gasteiger partial charge in [0.25, 0.3) is 0 Å². The number of nitrogens with zero attached hydrogens (tertiary/aromatic N) is 1. The number of pyridine rings is 1. The van der Waals surface area contributed by atoms with Gasteiger partial charge in [-0.25, -0.2) is 0 Å². The van der Waals surface area contributed by atoms with Gasteiger partial charge < -0.3 is 5.32 Å². The molecule has 0 aromatic carbocycles. The average Bonchev–Trinajstić information content (AvgIpc) is 2.30. The van der Waals surface area contributed by atoms with E-state index in [1.165, 1.54) is 5.56 Å². The summed E-state index contributed by atoms with van der Waals surface area (Å²) in [7, 11) is 0. The lowest BCUT2D eigenvalue weighted by Crippen LogP contribution is -2.23. The lowest BCUT2D eigenvalue weighted by molar-refractivity contribution is 0.538. The van der Waals surface area contributed by atoms with E-state index in [2.05, 4.69) is 48.1 Å². The number of hydrogen-bond donors (Lipinski definition) is 1. The second-order valence-electron chi connectivity index (χ2n) is 4.26. The van der Waals surface area contributed by atoms with Gasteiger partial charge in [-0.2, -0.15) is 0 Å². The number of aryl methyl sites for hydroxylation is 2. The summed E-state index contributed by atoms with van der Waals surface area (Å²) in [4.78, 5) is 4.52. The van der Waals surface area contributed by atoms with E-state index in [0.717, 1.165) is 30.8 Å².